The van der Waals surface area contributed by atoms with E-state index in [1.807, 2.05) is 31.2 Å². The van der Waals surface area contributed by atoms with Crippen molar-refractivity contribution in [1.29, 1.82) is 0 Å². The van der Waals surface area contributed by atoms with Crippen LogP contribution in [0.3, 0.4) is 0 Å². The fraction of sp³-hybridized carbons (Fsp3) is 0.143. The van der Waals surface area contributed by atoms with E-state index >= 15 is 0 Å². The lowest BCUT2D eigenvalue weighted by Crippen LogP contribution is -2.11. The van der Waals surface area contributed by atoms with Gasteiger partial charge in [-0.15, -0.1) is 0 Å². The number of hydrogen-bond acceptors (Lipinski definition) is 4. The van der Waals surface area contributed by atoms with Gasteiger partial charge in [0.05, 0.1) is 0 Å². The van der Waals surface area contributed by atoms with E-state index in [1.54, 1.807) is 36.4 Å². The van der Waals surface area contributed by atoms with E-state index in [1.165, 1.54) is 6.92 Å². The minimum atomic E-state index is -0.359. The van der Waals surface area contributed by atoms with Crippen LogP contribution in [0, 0.1) is 6.92 Å². The van der Waals surface area contributed by atoms with Crippen molar-refractivity contribution in [3.8, 4) is 5.75 Å². The number of rotatable bonds is 6. The van der Waals surface area contributed by atoms with Crippen LogP contribution in [0.4, 0.5) is 5.69 Å². The molecule has 0 radical (unpaired) electrons. The lowest BCUT2D eigenvalue weighted by molar-refractivity contribution is 0.0990. The van der Waals surface area contributed by atoms with Crippen LogP contribution < -0.4 is 10.1 Å². The fourth-order valence-electron chi connectivity index (χ4n) is 2.42. The molecule has 0 aliphatic rings. The third kappa shape index (κ3) is 4.39. The van der Waals surface area contributed by atoms with Crippen LogP contribution >= 0.6 is 0 Å². The summed E-state index contributed by atoms with van der Waals surface area (Å²) in [5.41, 5.74) is 2.29. The first-order valence-electron chi connectivity index (χ1n) is 8.22. The zero-order valence-electron chi connectivity index (χ0n) is 14.6. The number of carbonyl (C=O) groups is 2. The molecule has 2 aromatic carbocycles. The average molecular weight is 349 g/mol. The molecule has 5 heteroatoms. The van der Waals surface area contributed by atoms with Crippen LogP contribution in [-0.4, -0.2) is 11.7 Å². The van der Waals surface area contributed by atoms with Gasteiger partial charge in [-0.1, -0.05) is 12.1 Å². The van der Waals surface area contributed by atoms with E-state index in [4.69, 9.17) is 9.15 Å². The van der Waals surface area contributed by atoms with Crippen molar-refractivity contribution < 1.29 is 18.7 Å². The predicted octanol–water partition coefficient (Wildman–Crippen LogP) is 4.62. The van der Waals surface area contributed by atoms with Crippen LogP contribution in [0.1, 0.15) is 39.2 Å². The van der Waals surface area contributed by atoms with E-state index in [0.29, 0.717) is 17.0 Å². The van der Waals surface area contributed by atoms with Gasteiger partial charge in [0.2, 0.25) is 0 Å². The van der Waals surface area contributed by atoms with E-state index in [0.717, 1.165) is 11.3 Å². The van der Waals surface area contributed by atoms with Gasteiger partial charge in [0.25, 0.3) is 5.91 Å². The lowest BCUT2D eigenvalue weighted by Gasteiger charge is -2.05. The number of nitrogens with one attached hydrogen (secondary N) is 1. The predicted molar refractivity (Wildman–Crippen MR) is 98.6 cm³/mol. The van der Waals surface area contributed by atoms with Gasteiger partial charge in [-0.3, -0.25) is 9.59 Å². The van der Waals surface area contributed by atoms with Crippen LogP contribution in [0.5, 0.6) is 5.75 Å². The second-order valence-corrected chi connectivity index (χ2v) is 5.96. The second-order valence-electron chi connectivity index (χ2n) is 5.96. The molecule has 0 bridgehead atoms. The molecule has 1 heterocycles. The number of Topliss-reactive ketones (excluding diaryl/α,β-unsaturated/α-hetero) is 1. The average Bonchev–Trinajstić information content (AvgIpc) is 3.10. The topological polar surface area (TPSA) is 68.5 Å². The van der Waals surface area contributed by atoms with Crippen molar-refractivity contribution in [3.05, 3.63) is 83.3 Å². The molecule has 0 saturated carbocycles. The summed E-state index contributed by atoms with van der Waals surface area (Å²) in [7, 11) is 0. The Morgan fingerprint density at radius 2 is 1.81 bits per heavy atom. The van der Waals surface area contributed by atoms with Crippen molar-refractivity contribution in [1.82, 2.24) is 0 Å². The number of amides is 1. The van der Waals surface area contributed by atoms with E-state index in [-0.39, 0.29) is 24.1 Å². The first kappa shape index (κ1) is 17.5. The van der Waals surface area contributed by atoms with E-state index in [2.05, 4.69) is 5.32 Å². The summed E-state index contributed by atoms with van der Waals surface area (Å²) < 4.78 is 11.2. The Morgan fingerprint density at radius 1 is 1.04 bits per heavy atom. The molecule has 1 N–H and O–H groups in total. The highest BCUT2D eigenvalue weighted by atomic mass is 16.5. The third-order valence-corrected chi connectivity index (χ3v) is 3.81. The number of furan rings is 1. The summed E-state index contributed by atoms with van der Waals surface area (Å²) in [4.78, 5) is 23.5. The molecule has 3 rings (SSSR count). The van der Waals surface area contributed by atoms with Crippen molar-refractivity contribution in [2.75, 3.05) is 5.32 Å². The first-order valence-corrected chi connectivity index (χ1v) is 8.22. The number of ketones is 1. The van der Waals surface area contributed by atoms with Crippen LogP contribution in [0.15, 0.2) is 65.1 Å². The van der Waals surface area contributed by atoms with Gasteiger partial charge in [0.15, 0.2) is 11.5 Å². The Balaban J connectivity index is 1.59. The molecule has 5 nitrogen and oxygen atoms in total. The second kappa shape index (κ2) is 7.70. The third-order valence-electron chi connectivity index (χ3n) is 3.81. The molecule has 0 spiro atoms. The molecule has 0 aliphatic carbocycles. The fourth-order valence-corrected chi connectivity index (χ4v) is 2.42. The summed E-state index contributed by atoms with van der Waals surface area (Å²) in [6, 6.07) is 17.7. The summed E-state index contributed by atoms with van der Waals surface area (Å²) in [5, 5.41) is 2.73. The summed E-state index contributed by atoms with van der Waals surface area (Å²) >= 11 is 0. The number of anilines is 1. The highest BCUT2D eigenvalue weighted by Gasteiger charge is 2.12. The van der Waals surface area contributed by atoms with Crippen molar-refractivity contribution in [2.24, 2.45) is 0 Å². The molecule has 26 heavy (non-hydrogen) atoms. The molecule has 132 valence electrons. The minimum Gasteiger partial charge on any atom is -0.486 e. The molecule has 1 amide bonds. The zero-order valence-corrected chi connectivity index (χ0v) is 14.6. The number of aryl methyl sites for hydroxylation is 1. The maximum Gasteiger partial charge on any atom is 0.291 e. The standard InChI is InChI=1S/C21H19NO4/c1-14-4-3-5-18(12-14)25-13-19-10-11-20(26-19)21(24)22-17-8-6-16(7-9-17)15(2)23/h3-12H,13H2,1-2H3,(H,22,24). The van der Waals surface area contributed by atoms with Crippen LogP contribution in [-0.2, 0) is 6.61 Å². The minimum absolute atomic E-state index is 0.0211. The Labute approximate surface area is 151 Å². The first-order chi connectivity index (χ1) is 12.5. The highest BCUT2D eigenvalue weighted by molar-refractivity contribution is 6.02. The van der Waals surface area contributed by atoms with E-state index < -0.39 is 0 Å². The van der Waals surface area contributed by atoms with Gasteiger partial charge < -0.3 is 14.5 Å². The molecular weight excluding hydrogens is 330 g/mol. The lowest BCUT2D eigenvalue weighted by atomic mass is 10.1. The largest absolute Gasteiger partial charge is 0.486 e. The molecular formula is C21H19NO4. The van der Waals surface area contributed by atoms with Gasteiger partial charge >= 0.3 is 0 Å². The van der Waals surface area contributed by atoms with Crippen molar-refractivity contribution in [3.63, 3.8) is 0 Å². The summed E-state index contributed by atoms with van der Waals surface area (Å²) in [6.45, 7) is 3.73. The molecule has 0 saturated heterocycles. The summed E-state index contributed by atoms with van der Waals surface area (Å²) in [6.07, 6.45) is 0. The highest BCUT2D eigenvalue weighted by Crippen LogP contribution is 2.17. The van der Waals surface area contributed by atoms with Gasteiger partial charge in [0.1, 0.15) is 18.1 Å². The summed E-state index contributed by atoms with van der Waals surface area (Å²) in [5.74, 6) is 1.12. The Kier molecular flexibility index (Phi) is 5.17. The smallest absolute Gasteiger partial charge is 0.291 e. The van der Waals surface area contributed by atoms with Crippen molar-refractivity contribution >= 4 is 17.4 Å². The zero-order chi connectivity index (χ0) is 18.5. The van der Waals surface area contributed by atoms with Gasteiger partial charge in [0, 0.05) is 11.3 Å². The molecule has 0 atom stereocenters. The SMILES string of the molecule is CC(=O)c1ccc(NC(=O)c2ccc(COc3cccc(C)c3)o2)cc1. The van der Waals surface area contributed by atoms with E-state index in [9.17, 15) is 9.59 Å². The molecule has 0 unspecified atom stereocenters. The van der Waals surface area contributed by atoms with Crippen LogP contribution in [0.25, 0.3) is 0 Å². The van der Waals surface area contributed by atoms with Gasteiger partial charge in [-0.05, 0) is 67.9 Å². The Hall–Kier alpha value is -3.34. The molecule has 0 fully saturated rings. The quantitative estimate of drug-likeness (QED) is 0.659. The molecule has 1 aromatic heterocycles. The molecule has 0 aliphatic heterocycles. The number of ether oxygens (including phenoxy) is 1. The number of benzene rings is 2. The maximum absolute atomic E-state index is 12.3. The molecule has 3 aromatic rings. The Bertz CT molecular complexity index is 925. The van der Waals surface area contributed by atoms with Crippen LogP contribution in [0.2, 0.25) is 0 Å². The van der Waals surface area contributed by atoms with Crippen molar-refractivity contribution in [2.45, 2.75) is 20.5 Å². The van der Waals surface area contributed by atoms with Gasteiger partial charge in [-0.2, -0.15) is 0 Å². The maximum atomic E-state index is 12.3. The normalized spacial score (nSPS) is 10.4. The monoisotopic (exact) mass is 349 g/mol. The number of hydrogen-bond donors (Lipinski definition) is 1. The Morgan fingerprint density at radius 3 is 2.50 bits per heavy atom. The number of carbonyl (C=O) groups excluding carboxylic acids is 2. The van der Waals surface area contributed by atoms with Gasteiger partial charge in [-0.25, -0.2) is 0 Å².